The summed E-state index contributed by atoms with van der Waals surface area (Å²) in [6.45, 7) is 11.2. The fraction of sp³-hybridized carbons (Fsp3) is 0.311. The van der Waals surface area contributed by atoms with E-state index in [9.17, 15) is 9.00 Å². The first-order chi connectivity index (χ1) is 28.5. The molecule has 3 unspecified atom stereocenters. The van der Waals surface area contributed by atoms with Gasteiger partial charge in [-0.3, -0.25) is 9.78 Å². The Morgan fingerprint density at radius 2 is 1.61 bits per heavy atom. The Morgan fingerprint density at radius 3 is 2.31 bits per heavy atom. The summed E-state index contributed by atoms with van der Waals surface area (Å²) in [7, 11) is -0.380. The molecule has 0 fully saturated rings. The third-order valence-corrected chi connectivity index (χ3v) is 12.3. The largest absolute Gasteiger partial charge is 0.489 e. The highest BCUT2D eigenvalue weighted by Crippen LogP contribution is 2.41. The van der Waals surface area contributed by atoms with E-state index in [4.69, 9.17) is 52.1 Å². The molecule has 2 aliphatic rings. The first-order valence-electron chi connectivity index (χ1n) is 19.0. The van der Waals surface area contributed by atoms with E-state index < -0.39 is 17.0 Å². The molecule has 0 saturated heterocycles. The van der Waals surface area contributed by atoms with Crippen LogP contribution in [-0.2, 0) is 46.6 Å². The molecule has 3 heterocycles. The van der Waals surface area contributed by atoms with E-state index in [0.717, 1.165) is 57.7 Å². The fourth-order valence-corrected chi connectivity index (χ4v) is 8.13. The van der Waals surface area contributed by atoms with Gasteiger partial charge in [-0.2, -0.15) is 0 Å². The summed E-state index contributed by atoms with van der Waals surface area (Å²) in [5, 5.41) is 10.9. The van der Waals surface area contributed by atoms with Crippen molar-refractivity contribution in [3.8, 4) is 28.7 Å². The van der Waals surface area contributed by atoms with Crippen molar-refractivity contribution in [2.75, 3.05) is 20.3 Å². The van der Waals surface area contributed by atoms with Crippen LogP contribution in [0.1, 0.15) is 59.0 Å². The number of aromatic nitrogens is 1. The highest BCUT2D eigenvalue weighted by molar-refractivity contribution is 7.83. The average molecular weight is 863 g/mol. The molecule has 59 heavy (non-hydrogen) atoms. The van der Waals surface area contributed by atoms with Crippen LogP contribution < -0.4 is 24.3 Å². The zero-order valence-electron chi connectivity index (χ0n) is 33.7. The number of halogens is 2. The molecule has 0 aliphatic carbocycles. The molecule has 0 radical (unpaired) electrons. The molecule has 1 aromatic heterocycles. The van der Waals surface area contributed by atoms with Gasteiger partial charge in [-0.05, 0) is 123 Å². The molecule has 0 saturated carbocycles. The quantitative estimate of drug-likeness (QED) is 0.127. The van der Waals surface area contributed by atoms with Crippen molar-refractivity contribution < 1.29 is 37.9 Å². The van der Waals surface area contributed by atoms with Crippen molar-refractivity contribution >= 4 is 46.9 Å². The Labute approximate surface area is 358 Å². The second-order valence-corrected chi connectivity index (χ2v) is 16.8. The lowest BCUT2D eigenvalue weighted by atomic mass is 9.94. The van der Waals surface area contributed by atoms with Crippen LogP contribution >= 0.6 is 23.2 Å². The van der Waals surface area contributed by atoms with Gasteiger partial charge in [-0.15, -0.1) is 0 Å². The normalized spacial score (nSPS) is 16.0. The van der Waals surface area contributed by atoms with E-state index in [-0.39, 0.29) is 17.3 Å². The Bertz CT molecular complexity index is 2220. The number of amides is 1. The highest BCUT2D eigenvalue weighted by atomic mass is 35.5. The number of hydrogen-bond acceptors (Lipinski definition) is 9. The van der Waals surface area contributed by atoms with Crippen LogP contribution in [0.25, 0.3) is 0 Å². The molecule has 7 rings (SSSR count). The molecule has 312 valence electrons. The van der Waals surface area contributed by atoms with Gasteiger partial charge in [0.2, 0.25) is 5.91 Å². The molecule has 2 aliphatic heterocycles. The number of fused-ring (bicyclic) bond motifs is 2. The number of aryl methyl sites for hydroxylation is 1. The van der Waals surface area contributed by atoms with Crippen molar-refractivity contribution in [1.82, 2.24) is 14.6 Å². The van der Waals surface area contributed by atoms with Crippen molar-refractivity contribution in [1.29, 1.82) is 0 Å². The van der Waals surface area contributed by atoms with Crippen molar-refractivity contribution in [3.05, 3.63) is 140 Å². The average Bonchev–Trinajstić information content (AvgIpc) is 3.26. The number of aliphatic hydroxyl groups is 1. The standard InChI is InChI=1S/C43H43Cl2N3O6S.CH4O.CH2O/c1-26(2)55(50)48-23-33-22-41-40(52-25-42(54-41)31-8-12-34(13-9-31)51-24-30-7-14-36(44)37(45)19-30)21-32(33)20-38(48)43(49)47-17-15-29-5-10-35(11-6-29)53-39-16-18-46-28(4)27(39)3;2*1-2/h5-14,16,18-19,21-22,26,38,42H,15,17,20,23-25H2,1-4H3,(H,47,49);2H,1H3;1H2. The van der Waals surface area contributed by atoms with Gasteiger partial charge in [-0.25, -0.2) is 8.51 Å². The molecule has 0 bridgehead atoms. The van der Waals surface area contributed by atoms with Gasteiger partial charge >= 0.3 is 0 Å². The van der Waals surface area contributed by atoms with Gasteiger partial charge in [0.1, 0.15) is 43.3 Å². The van der Waals surface area contributed by atoms with E-state index in [1.165, 1.54) is 0 Å². The highest BCUT2D eigenvalue weighted by Gasteiger charge is 2.37. The third kappa shape index (κ3) is 11.4. The van der Waals surface area contributed by atoms with Gasteiger partial charge in [0.25, 0.3) is 0 Å². The molecule has 1 amide bonds. The summed E-state index contributed by atoms with van der Waals surface area (Å²) in [6.07, 6.45) is 2.47. The minimum atomic E-state index is -1.38. The molecule has 4 aromatic carbocycles. The first-order valence-corrected chi connectivity index (χ1v) is 20.9. The topological polar surface area (TPSA) is 137 Å². The Hall–Kier alpha value is -4.98. The predicted octanol–water partition coefficient (Wildman–Crippen LogP) is 8.47. The summed E-state index contributed by atoms with van der Waals surface area (Å²) >= 11 is 12.2. The van der Waals surface area contributed by atoms with Gasteiger partial charge in [0.15, 0.2) is 17.6 Å². The fourth-order valence-electron chi connectivity index (χ4n) is 6.58. The molecule has 3 atom stereocenters. The zero-order chi connectivity index (χ0) is 42.6. The minimum absolute atomic E-state index is 0.150. The number of benzene rings is 4. The number of hydrogen-bond donors (Lipinski definition) is 2. The number of nitrogens with zero attached hydrogens (tertiary/aromatic N) is 2. The van der Waals surface area contributed by atoms with Crippen LogP contribution in [0.15, 0.2) is 91.1 Å². The van der Waals surface area contributed by atoms with Gasteiger partial charge in [0.05, 0.1) is 21.0 Å². The Kier molecular flexibility index (Phi) is 16.3. The van der Waals surface area contributed by atoms with E-state index in [1.807, 2.05) is 112 Å². The van der Waals surface area contributed by atoms with E-state index in [2.05, 4.69) is 10.3 Å². The SMILES string of the molecule is C=O.CO.Cc1nccc(Oc2ccc(CCNC(=O)C3Cc4cc5c(cc4CN3S(=O)C(C)C)OC(c3ccc(OCc4ccc(Cl)c(Cl)c4)cc3)CO5)cc2)c1C. The van der Waals surface area contributed by atoms with Crippen molar-refractivity contribution in [3.63, 3.8) is 0 Å². The number of carbonyl (C=O) groups is 2. The molecule has 2 N–H and O–H groups in total. The summed E-state index contributed by atoms with van der Waals surface area (Å²) < 4.78 is 40.1. The lowest BCUT2D eigenvalue weighted by Crippen LogP contribution is -2.52. The molecular formula is C45H49Cl2N3O8S. The maximum atomic E-state index is 13.7. The van der Waals surface area contributed by atoms with Crippen LogP contribution in [0.5, 0.6) is 28.7 Å². The number of carbonyl (C=O) groups excluding carboxylic acids is 2. The summed E-state index contributed by atoms with van der Waals surface area (Å²) in [4.78, 5) is 26.0. The second kappa shape index (κ2) is 21.3. The zero-order valence-corrected chi connectivity index (χ0v) is 36.0. The molecule has 0 spiro atoms. The summed E-state index contributed by atoms with van der Waals surface area (Å²) in [6, 6.07) is 26.2. The maximum Gasteiger partial charge on any atom is 0.238 e. The maximum absolute atomic E-state index is 13.7. The molecule has 14 heteroatoms. The third-order valence-electron chi connectivity index (χ3n) is 9.86. The molecule has 5 aromatic rings. The number of nitrogens with one attached hydrogen (secondary N) is 1. The molecule has 11 nitrogen and oxygen atoms in total. The second-order valence-electron chi connectivity index (χ2n) is 14.0. The van der Waals surface area contributed by atoms with Crippen LogP contribution in [0.4, 0.5) is 0 Å². The smallest absolute Gasteiger partial charge is 0.238 e. The summed E-state index contributed by atoms with van der Waals surface area (Å²) in [5.41, 5.74) is 6.82. The van der Waals surface area contributed by atoms with Crippen molar-refractivity contribution in [2.24, 2.45) is 0 Å². The molecular weight excluding hydrogens is 813 g/mol. The van der Waals surface area contributed by atoms with Gasteiger partial charge in [-0.1, -0.05) is 53.5 Å². The number of pyridine rings is 1. The van der Waals surface area contributed by atoms with Gasteiger partial charge in [0, 0.05) is 42.9 Å². The Morgan fingerprint density at radius 1 is 0.932 bits per heavy atom. The Balaban J connectivity index is 0.00000160. The van der Waals surface area contributed by atoms with Crippen LogP contribution in [0.2, 0.25) is 10.0 Å². The van der Waals surface area contributed by atoms with Crippen LogP contribution in [0.3, 0.4) is 0 Å². The van der Waals surface area contributed by atoms with Crippen LogP contribution in [-0.4, -0.2) is 62.9 Å². The number of rotatable bonds is 12. The predicted molar refractivity (Wildman–Crippen MR) is 231 cm³/mol. The lowest BCUT2D eigenvalue weighted by Gasteiger charge is -2.37. The minimum Gasteiger partial charge on any atom is -0.489 e. The van der Waals surface area contributed by atoms with E-state index >= 15 is 0 Å². The first kappa shape index (κ1) is 45.1. The number of ether oxygens (including phenoxy) is 4. The van der Waals surface area contributed by atoms with Gasteiger partial charge < -0.3 is 34.2 Å². The monoisotopic (exact) mass is 861 g/mol. The van der Waals surface area contributed by atoms with Crippen LogP contribution in [0, 0.1) is 13.8 Å². The van der Waals surface area contributed by atoms with Crippen molar-refractivity contribution in [2.45, 2.75) is 71.1 Å². The lowest BCUT2D eigenvalue weighted by molar-refractivity contribution is -0.125. The van der Waals surface area contributed by atoms with E-state index in [0.29, 0.717) is 66.4 Å². The van der Waals surface area contributed by atoms with E-state index in [1.54, 1.807) is 18.3 Å². The number of aliphatic hydroxyl groups excluding tert-OH is 1. The summed E-state index contributed by atoms with van der Waals surface area (Å²) in [5.74, 6) is 3.33.